The lowest BCUT2D eigenvalue weighted by Crippen LogP contribution is -2.13. The van der Waals surface area contributed by atoms with Crippen molar-refractivity contribution in [3.05, 3.63) is 77.4 Å². The van der Waals surface area contributed by atoms with Crippen molar-refractivity contribution in [2.45, 2.75) is 25.0 Å². The number of nitrogens with two attached hydrogens (primary N) is 1. The summed E-state index contributed by atoms with van der Waals surface area (Å²) >= 11 is 0. The molecule has 1 aliphatic heterocycles. The van der Waals surface area contributed by atoms with Crippen molar-refractivity contribution in [2.75, 3.05) is 32.4 Å². The molecule has 1 saturated heterocycles. The second kappa shape index (κ2) is 9.83. The van der Waals surface area contributed by atoms with E-state index in [4.69, 9.17) is 24.7 Å². The van der Waals surface area contributed by atoms with Crippen LogP contribution in [0, 0.1) is 0 Å². The number of nitrogens with one attached hydrogen (secondary N) is 1. The fourth-order valence-electron chi connectivity index (χ4n) is 4.07. The normalized spacial score (nSPS) is 17.4. The SMILES string of the molecule is COc1cc(C2CCC(c3ccc(C(=O)Nc4ccccc4N)cc3)O2)cc(OC)c1OC. The van der Waals surface area contributed by atoms with Crippen LogP contribution < -0.4 is 25.3 Å². The highest BCUT2D eigenvalue weighted by atomic mass is 16.5. The number of amides is 1. The lowest BCUT2D eigenvalue weighted by Gasteiger charge is -2.18. The smallest absolute Gasteiger partial charge is 0.255 e. The molecular formula is C26H28N2O5. The number of rotatable bonds is 7. The summed E-state index contributed by atoms with van der Waals surface area (Å²) in [5.41, 5.74) is 9.60. The first-order chi connectivity index (χ1) is 16.0. The Bertz CT molecular complexity index is 1100. The fourth-order valence-corrected chi connectivity index (χ4v) is 4.07. The van der Waals surface area contributed by atoms with Crippen LogP contribution in [0.3, 0.4) is 0 Å². The lowest BCUT2D eigenvalue weighted by atomic mass is 10.0. The van der Waals surface area contributed by atoms with Crippen LogP contribution in [0.5, 0.6) is 17.2 Å². The molecule has 0 aromatic heterocycles. The maximum absolute atomic E-state index is 12.6. The highest BCUT2D eigenvalue weighted by Gasteiger charge is 2.29. The van der Waals surface area contributed by atoms with E-state index in [1.807, 2.05) is 36.4 Å². The van der Waals surface area contributed by atoms with Crippen LogP contribution in [0.1, 0.15) is 46.5 Å². The molecular weight excluding hydrogens is 420 g/mol. The summed E-state index contributed by atoms with van der Waals surface area (Å²) in [5, 5.41) is 2.85. The molecule has 0 spiro atoms. The van der Waals surface area contributed by atoms with Gasteiger partial charge in [0.05, 0.1) is 44.9 Å². The number of hydrogen-bond acceptors (Lipinski definition) is 6. The van der Waals surface area contributed by atoms with Crippen LogP contribution in [-0.2, 0) is 4.74 Å². The lowest BCUT2D eigenvalue weighted by molar-refractivity contribution is 0.0438. The largest absolute Gasteiger partial charge is 0.493 e. The topological polar surface area (TPSA) is 92.0 Å². The van der Waals surface area contributed by atoms with Crippen LogP contribution in [0.25, 0.3) is 0 Å². The van der Waals surface area contributed by atoms with Gasteiger partial charge in [0.2, 0.25) is 5.75 Å². The van der Waals surface area contributed by atoms with Gasteiger partial charge in [0.1, 0.15) is 0 Å². The predicted molar refractivity (Wildman–Crippen MR) is 127 cm³/mol. The Morgan fingerprint density at radius 2 is 1.48 bits per heavy atom. The quantitative estimate of drug-likeness (QED) is 0.486. The van der Waals surface area contributed by atoms with E-state index < -0.39 is 0 Å². The monoisotopic (exact) mass is 448 g/mol. The van der Waals surface area contributed by atoms with Gasteiger partial charge in [0, 0.05) is 5.56 Å². The standard InChI is InChI=1S/C26H28N2O5/c1-30-23-14-18(15-24(31-2)25(23)32-3)22-13-12-21(33-22)16-8-10-17(11-9-16)26(29)28-20-7-5-4-6-19(20)27/h4-11,14-15,21-22H,12-13,27H2,1-3H3,(H,28,29). The molecule has 0 aliphatic carbocycles. The van der Waals surface area contributed by atoms with Crippen molar-refractivity contribution in [1.29, 1.82) is 0 Å². The van der Waals surface area contributed by atoms with Gasteiger partial charge in [-0.2, -0.15) is 0 Å². The minimum Gasteiger partial charge on any atom is -0.493 e. The van der Waals surface area contributed by atoms with Gasteiger partial charge in [-0.25, -0.2) is 0 Å². The van der Waals surface area contributed by atoms with Crippen molar-refractivity contribution in [1.82, 2.24) is 0 Å². The van der Waals surface area contributed by atoms with Gasteiger partial charge in [-0.3, -0.25) is 4.79 Å². The van der Waals surface area contributed by atoms with E-state index in [1.54, 1.807) is 45.6 Å². The van der Waals surface area contributed by atoms with Gasteiger partial charge in [-0.05, 0) is 60.4 Å². The first kappa shape index (κ1) is 22.5. The molecule has 172 valence electrons. The first-order valence-corrected chi connectivity index (χ1v) is 10.7. The van der Waals surface area contributed by atoms with Crippen LogP contribution in [0.15, 0.2) is 60.7 Å². The zero-order chi connectivity index (χ0) is 23.4. The van der Waals surface area contributed by atoms with Gasteiger partial charge >= 0.3 is 0 Å². The molecule has 4 rings (SSSR count). The fraction of sp³-hybridized carbons (Fsp3) is 0.269. The van der Waals surface area contributed by atoms with Crippen LogP contribution in [0.2, 0.25) is 0 Å². The van der Waals surface area contributed by atoms with Crippen molar-refractivity contribution in [3.8, 4) is 17.2 Å². The van der Waals surface area contributed by atoms with Gasteiger partial charge in [0.15, 0.2) is 11.5 Å². The summed E-state index contributed by atoms with van der Waals surface area (Å²) in [5.74, 6) is 1.56. The molecule has 0 saturated carbocycles. The number of nitrogen functional groups attached to an aromatic ring is 1. The summed E-state index contributed by atoms with van der Waals surface area (Å²) in [6, 6.07) is 18.5. The molecule has 7 nitrogen and oxygen atoms in total. The van der Waals surface area contributed by atoms with Crippen LogP contribution in [-0.4, -0.2) is 27.2 Å². The van der Waals surface area contributed by atoms with Gasteiger partial charge < -0.3 is 30.0 Å². The number of hydrogen-bond donors (Lipinski definition) is 2. The molecule has 1 amide bonds. The maximum atomic E-state index is 12.6. The van der Waals surface area contributed by atoms with E-state index in [0.29, 0.717) is 34.2 Å². The average molecular weight is 449 g/mol. The number of methoxy groups -OCH3 is 3. The molecule has 3 aromatic carbocycles. The summed E-state index contributed by atoms with van der Waals surface area (Å²) in [6.07, 6.45) is 1.58. The number of ether oxygens (including phenoxy) is 4. The highest BCUT2D eigenvalue weighted by molar-refractivity contribution is 6.05. The summed E-state index contributed by atoms with van der Waals surface area (Å²) in [7, 11) is 4.79. The van der Waals surface area contributed by atoms with E-state index in [2.05, 4.69) is 5.32 Å². The Hall–Kier alpha value is -3.71. The van der Waals surface area contributed by atoms with Crippen LogP contribution >= 0.6 is 0 Å². The van der Waals surface area contributed by atoms with Crippen LogP contribution in [0.4, 0.5) is 11.4 Å². The molecule has 33 heavy (non-hydrogen) atoms. The average Bonchev–Trinajstić information content (AvgIpc) is 3.35. The van der Waals surface area contributed by atoms with Crippen molar-refractivity contribution in [3.63, 3.8) is 0 Å². The van der Waals surface area contributed by atoms with Crippen molar-refractivity contribution >= 4 is 17.3 Å². The highest BCUT2D eigenvalue weighted by Crippen LogP contribution is 2.46. The Morgan fingerprint density at radius 3 is 2.06 bits per heavy atom. The molecule has 0 bridgehead atoms. The number of para-hydroxylation sites is 2. The summed E-state index contributed by atoms with van der Waals surface area (Å²) in [6.45, 7) is 0. The minimum absolute atomic E-state index is 0.0593. The molecule has 2 atom stereocenters. The third-order valence-corrected chi connectivity index (χ3v) is 5.83. The summed E-state index contributed by atoms with van der Waals surface area (Å²) in [4.78, 5) is 12.6. The second-order valence-corrected chi connectivity index (χ2v) is 7.81. The van der Waals surface area contributed by atoms with E-state index in [1.165, 1.54) is 0 Å². The van der Waals surface area contributed by atoms with E-state index >= 15 is 0 Å². The molecule has 1 aliphatic rings. The maximum Gasteiger partial charge on any atom is 0.255 e. The third kappa shape index (κ3) is 4.73. The van der Waals surface area contributed by atoms with Gasteiger partial charge in [-0.15, -0.1) is 0 Å². The molecule has 1 heterocycles. The number of benzene rings is 3. The third-order valence-electron chi connectivity index (χ3n) is 5.83. The number of carbonyl (C=O) groups excluding carboxylic acids is 1. The molecule has 0 radical (unpaired) electrons. The second-order valence-electron chi connectivity index (χ2n) is 7.81. The Morgan fingerprint density at radius 1 is 0.879 bits per heavy atom. The Labute approximate surface area is 193 Å². The van der Waals surface area contributed by atoms with E-state index in [0.717, 1.165) is 24.0 Å². The Kier molecular flexibility index (Phi) is 6.70. The number of anilines is 2. The molecule has 1 fully saturated rings. The van der Waals surface area contributed by atoms with Crippen molar-refractivity contribution < 1.29 is 23.7 Å². The summed E-state index contributed by atoms with van der Waals surface area (Å²) < 4.78 is 22.7. The van der Waals surface area contributed by atoms with Gasteiger partial charge in [0.25, 0.3) is 5.91 Å². The molecule has 7 heteroatoms. The molecule has 3 N–H and O–H groups in total. The molecule has 2 unspecified atom stereocenters. The van der Waals surface area contributed by atoms with E-state index in [9.17, 15) is 4.79 Å². The van der Waals surface area contributed by atoms with E-state index in [-0.39, 0.29) is 18.1 Å². The minimum atomic E-state index is -0.206. The van der Waals surface area contributed by atoms with Gasteiger partial charge in [-0.1, -0.05) is 24.3 Å². The number of carbonyl (C=O) groups is 1. The predicted octanol–water partition coefficient (Wildman–Crippen LogP) is 5.14. The molecule has 3 aromatic rings. The zero-order valence-corrected chi connectivity index (χ0v) is 19.0. The zero-order valence-electron chi connectivity index (χ0n) is 19.0. The van der Waals surface area contributed by atoms with Crippen molar-refractivity contribution in [2.24, 2.45) is 0 Å². The Balaban J connectivity index is 1.45. The first-order valence-electron chi connectivity index (χ1n) is 10.7.